The van der Waals surface area contributed by atoms with Gasteiger partial charge in [0.15, 0.2) is 0 Å². The maximum atomic E-state index is 13.1. The highest BCUT2D eigenvalue weighted by Gasteiger charge is 2.49. The Morgan fingerprint density at radius 2 is 1.71 bits per heavy atom. The minimum absolute atomic E-state index is 0.0126. The summed E-state index contributed by atoms with van der Waals surface area (Å²) < 4.78 is 24.1. The standard InChI is InChI=1S/C22H21NO4S/c1-14-4-10-18(11-5-14)28(25)19-12-13-27-21(19)20-15(2)22(24)23(20)16-6-8-17(26-3)9-7-16/h4-13,15,20H,1-3H3/t15-,20-,28?/m1/s1. The number of rotatable bonds is 5. The van der Waals surface area contributed by atoms with Gasteiger partial charge < -0.3 is 14.1 Å². The Morgan fingerprint density at radius 3 is 2.36 bits per heavy atom. The number of ether oxygens (including phenoxy) is 1. The van der Waals surface area contributed by atoms with Gasteiger partial charge in [-0.15, -0.1) is 0 Å². The summed E-state index contributed by atoms with van der Waals surface area (Å²) in [6, 6.07) is 16.3. The molecular formula is C22H21NO4S. The smallest absolute Gasteiger partial charge is 0.233 e. The molecule has 2 aromatic carbocycles. The minimum Gasteiger partial charge on any atom is -0.497 e. The lowest BCUT2D eigenvalue weighted by Crippen LogP contribution is -2.54. The van der Waals surface area contributed by atoms with Crippen LogP contribution < -0.4 is 9.64 Å². The van der Waals surface area contributed by atoms with E-state index in [1.165, 1.54) is 0 Å². The van der Waals surface area contributed by atoms with Crippen LogP contribution in [-0.2, 0) is 15.6 Å². The highest BCUT2D eigenvalue weighted by Crippen LogP contribution is 2.45. The molecule has 0 spiro atoms. The van der Waals surface area contributed by atoms with Crippen LogP contribution in [0.5, 0.6) is 5.75 Å². The normalized spacial score (nSPS) is 20.0. The van der Waals surface area contributed by atoms with Crippen molar-refractivity contribution in [3.8, 4) is 5.75 Å². The van der Waals surface area contributed by atoms with Gasteiger partial charge in [-0.2, -0.15) is 0 Å². The molecule has 1 aromatic heterocycles. The Labute approximate surface area is 166 Å². The number of aryl methyl sites for hydroxylation is 1. The lowest BCUT2D eigenvalue weighted by molar-refractivity contribution is -0.130. The van der Waals surface area contributed by atoms with Gasteiger partial charge in [-0.25, -0.2) is 4.21 Å². The number of amides is 1. The third kappa shape index (κ3) is 3.03. The van der Waals surface area contributed by atoms with E-state index in [-0.39, 0.29) is 17.9 Å². The van der Waals surface area contributed by atoms with Gasteiger partial charge >= 0.3 is 0 Å². The van der Waals surface area contributed by atoms with Gasteiger partial charge in [0.2, 0.25) is 5.91 Å². The SMILES string of the molecule is COc1ccc(N2C(=O)[C@H](C)[C@@H]2c2occc2S(=O)c2ccc(C)cc2)cc1. The summed E-state index contributed by atoms with van der Waals surface area (Å²) in [6.45, 7) is 3.86. The first-order chi connectivity index (χ1) is 13.5. The van der Waals surface area contributed by atoms with Crippen LogP contribution in [0.4, 0.5) is 5.69 Å². The molecule has 4 rings (SSSR count). The maximum Gasteiger partial charge on any atom is 0.233 e. The Kier molecular flexibility index (Phi) is 4.81. The highest BCUT2D eigenvalue weighted by atomic mass is 32.2. The molecule has 1 unspecified atom stereocenters. The predicted octanol–water partition coefficient (Wildman–Crippen LogP) is 4.49. The zero-order valence-corrected chi connectivity index (χ0v) is 16.7. The second-order valence-corrected chi connectivity index (χ2v) is 8.32. The number of carbonyl (C=O) groups is 1. The lowest BCUT2D eigenvalue weighted by Gasteiger charge is -2.44. The number of carbonyl (C=O) groups excluding carboxylic acids is 1. The van der Waals surface area contributed by atoms with E-state index in [0.717, 1.165) is 17.0 Å². The second kappa shape index (κ2) is 7.28. The molecule has 3 aromatic rings. The van der Waals surface area contributed by atoms with Crippen molar-refractivity contribution >= 4 is 22.4 Å². The van der Waals surface area contributed by atoms with Crippen molar-refractivity contribution in [3.63, 3.8) is 0 Å². The fourth-order valence-corrected chi connectivity index (χ4v) is 4.64. The van der Waals surface area contributed by atoms with Gasteiger partial charge in [0.25, 0.3) is 0 Å². The van der Waals surface area contributed by atoms with Crippen molar-refractivity contribution < 1.29 is 18.2 Å². The summed E-state index contributed by atoms with van der Waals surface area (Å²) in [6.07, 6.45) is 1.54. The average Bonchev–Trinajstić information content (AvgIpc) is 3.20. The van der Waals surface area contributed by atoms with Crippen molar-refractivity contribution in [2.75, 3.05) is 12.0 Å². The van der Waals surface area contributed by atoms with Gasteiger partial charge in [-0.1, -0.05) is 24.6 Å². The number of furan rings is 1. The fraction of sp³-hybridized carbons (Fsp3) is 0.227. The minimum atomic E-state index is -1.38. The van der Waals surface area contributed by atoms with Crippen LogP contribution in [0.2, 0.25) is 0 Å². The molecule has 28 heavy (non-hydrogen) atoms. The molecule has 0 radical (unpaired) electrons. The maximum absolute atomic E-state index is 13.1. The molecule has 1 amide bonds. The molecule has 0 N–H and O–H groups in total. The monoisotopic (exact) mass is 395 g/mol. The summed E-state index contributed by atoms with van der Waals surface area (Å²) in [5.74, 6) is 1.06. The highest BCUT2D eigenvalue weighted by molar-refractivity contribution is 7.85. The Bertz CT molecular complexity index is 1020. The van der Waals surface area contributed by atoms with Crippen LogP contribution in [-0.4, -0.2) is 17.2 Å². The Hall–Kier alpha value is -2.86. The number of hydrogen-bond acceptors (Lipinski definition) is 4. The number of benzene rings is 2. The summed E-state index contributed by atoms with van der Waals surface area (Å²) in [4.78, 5) is 15.6. The van der Waals surface area contributed by atoms with E-state index >= 15 is 0 Å². The second-order valence-electron chi connectivity index (χ2n) is 6.87. The van der Waals surface area contributed by atoms with Crippen LogP contribution in [0.1, 0.15) is 24.3 Å². The quantitative estimate of drug-likeness (QED) is 0.598. The van der Waals surface area contributed by atoms with E-state index in [1.807, 2.05) is 62.4 Å². The number of hydrogen-bond donors (Lipinski definition) is 0. The molecule has 1 fully saturated rings. The van der Waals surface area contributed by atoms with Crippen molar-refractivity contribution in [2.45, 2.75) is 29.7 Å². The van der Waals surface area contributed by atoms with Crippen LogP contribution in [0.3, 0.4) is 0 Å². The topological polar surface area (TPSA) is 59.8 Å². The van der Waals surface area contributed by atoms with Gasteiger partial charge in [0, 0.05) is 10.6 Å². The molecule has 6 heteroatoms. The fourth-order valence-electron chi connectivity index (χ4n) is 3.47. The number of β-lactam (4-membered cyclic amide) rings is 1. The van der Waals surface area contributed by atoms with Gasteiger partial charge in [-0.05, 0) is 49.4 Å². The van der Waals surface area contributed by atoms with Crippen molar-refractivity contribution in [1.82, 2.24) is 0 Å². The summed E-state index contributed by atoms with van der Waals surface area (Å²) >= 11 is 0. The van der Waals surface area contributed by atoms with Crippen molar-refractivity contribution in [3.05, 3.63) is 72.2 Å². The van der Waals surface area contributed by atoms with Crippen LogP contribution in [0.15, 0.2) is 75.1 Å². The molecule has 0 saturated carbocycles. The first-order valence-corrected chi connectivity index (χ1v) is 10.2. The summed E-state index contributed by atoms with van der Waals surface area (Å²) in [7, 11) is 0.223. The summed E-state index contributed by atoms with van der Waals surface area (Å²) in [5, 5.41) is 0. The number of methoxy groups -OCH3 is 1. The lowest BCUT2D eigenvalue weighted by atomic mass is 9.86. The molecule has 3 atom stereocenters. The molecule has 144 valence electrons. The van der Waals surface area contributed by atoms with Gasteiger partial charge in [0.05, 0.1) is 35.0 Å². The van der Waals surface area contributed by atoms with Crippen LogP contribution in [0.25, 0.3) is 0 Å². The van der Waals surface area contributed by atoms with E-state index in [4.69, 9.17) is 9.15 Å². The largest absolute Gasteiger partial charge is 0.497 e. The Balaban J connectivity index is 1.68. The third-order valence-corrected chi connectivity index (χ3v) is 6.53. The van der Waals surface area contributed by atoms with Crippen molar-refractivity contribution in [2.24, 2.45) is 5.92 Å². The molecule has 2 heterocycles. The first-order valence-electron chi connectivity index (χ1n) is 9.04. The molecule has 1 aliphatic heterocycles. The van der Waals surface area contributed by atoms with Gasteiger partial charge in [0.1, 0.15) is 17.6 Å². The van der Waals surface area contributed by atoms with E-state index in [0.29, 0.717) is 15.6 Å². The summed E-state index contributed by atoms with van der Waals surface area (Å²) in [5.41, 5.74) is 1.87. The first kappa shape index (κ1) is 18.5. The predicted molar refractivity (Wildman–Crippen MR) is 107 cm³/mol. The molecular weight excluding hydrogens is 374 g/mol. The van der Waals surface area contributed by atoms with E-state index in [1.54, 1.807) is 24.3 Å². The molecule has 0 aliphatic carbocycles. The molecule has 0 bridgehead atoms. The van der Waals surface area contributed by atoms with E-state index in [2.05, 4.69) is 0 Å². The van der Waals surface area contributed by atoms with Crippen LogP contribution in [0, 0.1) is 12.8 Å². The zero-order chi connectivity index (χ0) is 19.8. The molecule has 1 saturated heterocycles. The molecule has 5 nitrogen and oxygen atoms in total. The third-order valence-electron chi connectivity index (χ3n) is 5.09. The number of nitrogens with zero attached hydrogens (tertiary/aromatic N) is 1. The van der Waals surface area contributed by atoms with E-state index < -0.39 is 10.8 Å². The zero-order valence-electron chi connectivity index (χ0n) is 15.9. The molecule has 1 aliphatic rings. The Morgan fingerprint density at radius 1 is 1.04 bits per heavy atom. The van der Waals surface area contributed by atoms with E-state index in [9.17, 15) is 9.00 Å². The number of anilines is 1. The van der Waals surface area contributed by atoms with Crippen molar-refractivity contribution in [1.29, 1.82) is 0 Å². The average molecular weight is 395 g/mol. The van der Waals surface area contributed by atoms with Gasteiger partial charge in [-0.3, -0.25) is 4.79 Å². The van der Waals surface area contributed by atoms with Crippen LogP contribution >= 0.6 is 0 Å².